The van der Waals surface area contributed by atoms with Gasteiger partial charge in [0.2, 0.25) is 11.9 Å². The van der Waals surface area contributed by atoms with Crippen molar-refractivity contribution in [2.24, 2.45) is 5.92 Å². The van der Waals surface area contributed by atoms with Gasteiger partial charge in [-0.15, -0.1) is 0 Å². The van der Waals surface area contributed by atoms with Gasteiger partial charge in [-0.25, -0.2) is 9.97 Å². The van der Waals surface area contributed by atoms with E-state index in [1.807, 2.05) is 19.9 Å². The number of carbonyl (C=O) groups is 1. The number of nitrogens with one attached hydrogen (secondary N) is 1. The summed E-state index contributed by atoms with van der Waals surface area (Å²) < 4.78 is 0. The minimum Gasteiger partial charge on any atom is -0.341 e. The molecular weight excluding hydrogens is 370 g/mol. The van der Waals surface area contributed by atoms with Crippen LogP contribution in [0, 0.1) is 29.9 Å². The summed E-state index contributed by atoms with van der Waals surface area (Å²) in [5.41, 5.74) is 2.11. The number of aryl methyl sites for hydroxylation is 2. The van der Waals surface area contributed by atoms with E-state index < -0.39 is 4.92 Å². The lowest BCUT2D eigenvalue weighted by atomic mass is 9.96. The first kappa shape index (κ1) is 19.0. The summed E-state index contributed by atoms with van der Waals surface area (Å²) in [6.45, 7) is 5.25. The Kier molecular flexibility index (Phi) is 5.55. The Morgan fingerprint density at radius 1 is 1.22 bits per heavy atom. The highest BCUT2D eigenvalue weighted by atomic mass is 35.5. The second kappa shape index (κ2) is 7.87. The summed E-state index contributed by atoms with van der Waals surface area (Å²) in [6.07, 6.45) is 1.35. The number of amides is 1. The lowest BCUT2D eigenvalue weighted by Crippen LogP contribution is -2.39. The number of hydrogen-bond acceptors (Lipinski definition) is 6. The van der Waals surface area contributed by atoms with E-state index in [2.05, 4.69) is 20.2 Å². The number of carbonyl (C=O) groups excluding carboxylic acids is 1. The zero-order valence-electron chi connectivity index (χ0n) is 15.1. The lowest BCUT2D eigenvalue weighted by Gasteiger charge is -2.31. The number of nitro groups is 1. The van der Waals surface area contributed by atoms with Crippen LogP contribution in [0.1, 0.15) is 24.2 Å². The SMILES string of the molecule is Cc1cc(C)nc(N2CCC(C(=O)Nc3ccc([N+](=O)[O-])cc3Cl)CC2)n1. The van der Waals surface area contributed by atoms with Gasteiger partial charge in [0.05, 0.1) is 15.6 Å². The molecule has 2 heterocycles. The van der Waals surface area contributed by atoms with Gasteiger partial charge in [-0.1, -0.05) is 11.6 Å². The normalized spacial score (nSPS) is 14.9. The number of rotatable bonds is 4. The molecule has 1 amide bonds. The summed E-state index contributed by atoms with van der Waals surface area (Å²) in [5, 5.41) is 13.7. The third kappa shape index (κ3) is 4.51. The van der Waals surface area contributed by atoms with Crippen LogP contribution in [-0.2, 0) is 4.79 Å². The number of non-ortho nitro benzene ring substituents is 1. The van der Waals surface area contributed by atoms with Gasteiger partial charge in [0.15, 0.2) is 0 Å². The van der Waals surface area contributed by atoms with Crippen molar-refractivity contribution in [3.8, 4) is 0 Å². The number of hydrogen-bond donors (Lipinski definition) is 1. The molecule has 1 aromatic carbocycles. The maximum absolute atomic E-state index is 12.5. The largest absolute Gasteiger partial charge is 0.341 e. The molecule has 1 saturated heterocycles. The second-order valence-corrected chi connectivity index (χ2v) is 7.03. The average molecular weight is 390 g/mol. The van der Waals surface area contributed by atoms with Crippen molar-refractivity contribution in [3.05, 3.63) is 50.8 Å². The molecule has 1 N–H and O–H groups in total. The molecule has 0 bridgehead atoms. The van der Waals surface area contributed by atoms with Crippen LogP contribution in [0.3, 0.4) is 0 Å². The van der Waals surface area contributed by atoms with Gasteiger partial charge >= 0.3 is 0 Å². The fourth-order valence-electron chi connectivity index (χ4n) is 3.14. The van der Waals surface area contributed by atoms with Crippen molar-refractivity contribution in [3.63, 3.8) is 0 Å². The monoisotopic (exact) mass is 389 g/mol. The van der Waals surface area contributed by atoms with Gasteiger partial charge in [-0.05, 0) is 38.8 Å². The van der Waals surface area contributed by atoms with E-state index in [0.717, 1.165) is 11.4 Å². The molecule has 27 heavy (non-hydrogen) atoms. The smallest absolute Gasteiger partial charge is 0.271 e. The molecule has 0 unspecified atom stereocenters. The molecule has 1 aromatic heterocycles. The Morgan fingerprint density at radius 2 is 1.85 bits per heavy atom. The molecule has 2 aromatic rings. The summed E-state index contributed by atoms with van der Waals surface area (Å²) in [7, 11) is 0. The average Bonchev–Trinajstić information content (AvgIpc) is 2.62. The first-order valence-electron chi connectivity index (χ1n) is 8.65. The van der Waals surface area contributed by atoms with Crippen LogP contribution in [0.2, 0.25) is 5.02 Å². The highest BCUT2D eigenvalue weighted by Gasteiger charge is 2.27. The lowest BCUT2D eigenvalue weighted by molar-refractivity contribution is -0.384. The van der Waals surface area contributed by atoms with Crippen LogP contribution in [-0.4, -0.2) is 33.9 Å². The number of aromatic nitrogens is 2. The Morgan fingerprint density at radius 3 is 2.41 bits per heavy atom. The highest BCUT2D eigenvalue weighted by Crippen LogP contribution is 2.28. The number of piperidine rings is 1. The molecule has 0 radical (unpaired) electrons. The molecule has 0 aliphatic carbocycles. The molecule has 8 nitrogen and oxygen atoms in total. The van der Waals surface area contributed by atoms with Crippen molar-refractivity contribution < 1.29 is 9.72 Å². The Hall–Kier alpha value is -2.74. The van der Waals surface area contributed by atoms with Gasteiger partial charge in [-0.3, -0.25) is 14.9 Å². The molecule has 1 aliphatic heterocycles. The van der Waals surface area contributed by atoms with Gasteiger partial charge in [0.25, 0.3) is 5.69 Å². The molecule has 0 atom stereocenters. The quantitative estimate of drug-likeness (QED) is 0.634. The van der Waals surface area contributed by atoms with Gasteiger partial charge in [-0.2, -0.15) is 0 Å². The molecule has 1 fully saturated rings. The second-order valence-electron chi connectivity index (χ2n) is 6.62. The van der Waals surface area contributed by atoms with Gasteiger partial charge in [0, 0.05) is 42.5 Å². The summed E-state index contributed by atoms with van der Waals surface area (Å²) in [6, 6.07) is 5.94. The van der Waals surface area contributed by atoms with Gasteiger partial charge < -0.3 is 10.2 Å². The maximum Gasteiger partial charge on any atom is 0.271 e. The number of benzene rings is 1. The molecular formula is C18H20ClN5O3. The van der Waals surface area contributed by atoms with Crippen LogP contribution in [0.5, 0.6) is 0 Å². The molecule has 0 saturated carbocycles. The standard InChI is InChI=1S/C18H20ClN5O3/c1-11-9-12(2)21-18(20-11)23-7-5-13(6-8-23)17(25)22-16-4-3-14(24(26)27)10-15(16)19/h3-4,9-10,13H,5-8H2,1-2H3,(H,22,25). The van der Waals surface area contributed by atoms with E-state index in [4.69, 9.17) is 11.6 Å². The van der Waals surface area contributed by atoms with Gasteiger partial charge in [0.1, 0.15) is 0 Å². The number of nitro benzene ring substituents is 1. The fourth-order valence-corrected chi connectivity index (χ4v) is 3.37. The Labute approximate surface area is 161 Å². The zero-order chi connectivity index (χ0) is 19.6. The molecule has 0 spiro atoms. The van der Waals surface area contributed by atoms with E-state index >= 15 is 0 Å². The first-order chi connectivity index (χ1) is 12.8. The third-order valence-corrected chi connectivity index (χ3v) is 4.85. The number of nitrogens with zero attached hydrogens (tertiary/aromatic N) is 4. The molecule has 1 aliphatic rings. The number of anilines is 2. The van der Waals surface area contributed by atoms with Crippen molar-refractivity contribution in [2.75, 3.05) is 23.3 Å². The van der Waals surface area contributed by atoms with E-state index in [0.29, 0.717) is 37.6 Å². The summed E-state index contributed by atoms with van der Waals surface area (Å²) in [4.78, 5) is 33.8. The molecule has 142 valence electrons. The highest BCUT2D eigenvalue weighted by molar-refractivity contribution is 6.34. The predicted molar refractivity (Wildman–Crippen MR) is 103 cm³/mol. The first-order valence-corrected chi connectivity index (χ1v) is 9.03. The topological polar surface area (TPSA) is 101 Å². The summed E-state index contributed by atoms with van der Waals surface area (Å²) >= 11 is 6.05. The molecule has 9 heteroatoms. The van der Waals surface area contributed by atoms with Crippen molar-refractivity contribution in [1.29, 1.82) is 0 Å². The van der Waals surface area contributed by atoms with Crippen molar-refractivity contribution in [2.45, 2.75) is 26.7 Å². The van der Waals surface area contributed by atoms with E-state index in [1.54, 1.807) is 0 Å². The molecule has 3 rings (SSSR count). The van der Waals surface area contributed by atoms with Crippen molar-refractivity contribution in [1.82, 2.24) is 9.97 Å². The number of halogens is 1. The third-order valence-electron chi connectivity index (χ3n) is 4.54. The Balaban J connectivity index is 1.61. The van der Waals surface area contributed by atoms with Crippen LogP contribution in [0.15, 0.2) is 24.3 Å². The minimum atomic E-state index is -0.526. The fraction of sp³-hybridized carbons (Fsp3) is 0.389. The summed E-state index contributed by atoms with van der Waals surface area (Å²) in [5.74, 6) is 0.412. The van der Waals surface area contributed by atoms with Crippen LogP contribution < -0.4 is 10.2 Å². The van der Waals surface area contributed by atoms with E-state index in [1.165, 1.54) is 18.2 Å². The maximum atomic E-state index is 12.5. The van der Waals surface area contributed by atoms with E-state index in [-0.39, 0.29) is 22.5 Å². The van der Waals surface area contributed by atoms with Crippen molar-refractivity contribution >= 4 is 34.8 Å². The zero-order valence-corrected chi connectivity index (χ0v) is 15.9. The van der Waals surface area contributed by atoms with Crippen LogP contribution in [0.4, 0.5) is 17.3 Å². The van der Waals surface area contributed by atoms with Crippen LogP contribution >= 0.6 is 11.6 Å². The van der Waals surface area contributed by atoms with Crippen LogP contribution in [0.25, 0.3) is 0 Å². The Bertz CT molecular complexity index is 861. The minimum absolute atomic E-state index is 0.111. The van der Waals surface area contributed by atoms with E-state index in [9.17, 15) is 14.9 Å². The predicted octanol–water partition coefficient (Wildman–Crippen LogP) is 3.51.